The molecule has 10 nitrogen and oxygen atoms in total. The second-order valence-electron chi connectivity index (χ2n) is 9.86. The molecule has 4 N–H and O–H groups in total. The summed E-state index contributed by atoms with van der Waals surface area (Å²) in [5.41, 5.74) is -0.372. The van der Waals surface area contributed by atoms with Gasteiger partial charge in [-0.25, -0.2) is 0 Å². The number of phenolic OH excluding ortho intramolecular Hbond substituents is 1. The maximum absolute atomic E-state index is 13.3. The number of phenols is 1. The Hall–Kier alpha value is -4.18. The van der Waals surface area contributed by atoms with E-state index in [2.05, 4.69) is 16.0 Å². The van der Waals surface area contributed by atoms with Crippen LogP contribution in [-0.2, 0) is 9.53 Å². The number of anilines is 3. The first-order chi connectivity index (χ1) is 18.3. The number of nitrogens with zero attached hydrogens (tertiary/aromatic N) is 1. The van der Waals surface area contributed by atoms with Gasteiger partial charge >= 0.3 is 0 Å². The fraction of sp³-hybridized carbons (Fsp3) is 0.357. The molecule has 3 aromatic rings. The van der Waals surface area contributed by atoms with Gasteiger partial charge in [-0.3, -0.25) is 19.2 Å². The number of morpholine rings is 1. The van der Waals surface area contributed by atoms with Crippen LogP contribution in [0.25, 0.3) is 0 Å². The highest BCUT2D eigenvalue weighted by atomic mass is 16.5. The summed E-state index contributed by atoms with van der Waals surface area (Å²) in [6, 6.07) is 14.1. The zero-order chi connectivity index (χ0) is 26.9. The van der Waals surface area contributed by atoms with Gasteiger partial charge in [0.05, 0.1) is 29.4 Å². The molecule has 5 rings (SSSR count). The van der Waals surface area contributed by atoms with E-state index in [-0.39, 0.29) is 52.8 Å². The molecule has 2 fully saturated rings. The molecule has 2 aliphatic heterocycles. The van der Waals surface area contributed by atoms with Gasteiger partial charge in [-0.15, -0.1) is 0 Å². The third-order valence-electron chi connectivity index (χ3n) is 7.39. The number of rotatable bonds is 7. The highest BCUT2D eigenvalue weighted by molar-refractivity contribution is 5.99. The lowest BCUT2D eigenvalue weighted by molar-refractivity contribution is -0.137. The molecule has 2 saturated heterocycles. The van der Waals surface area contributed by atoms with Crippen LogP contribution >= 0.6 is 0 Å². The molecule has 0 aromatic heterocycles. The average molecular weight is 519 g/mol. The largest absolute Gasteiger partial charge is 0.505 e. The van der Waals surface area contributed by atoms with E-state index in [1.807, 2.05) is 37.3 Å². The first-order valence-electron chi connectivity index (χ1n) is 12.7. The van der Waals surface area contributed by atoms with Gasteiger partial charge < -0.3 is 30.7 Å². The molecule has 1 spiro atoms. The van der Waals surface area contributed by atoms with Gasteiger partial charge in [-0.2, -0.15) is 0 Å². The van der Waals surface area contributed by atoms with Crippen molar-refractivity contribution in [2.45, 2.75) is 37.8 Å². The molecule has 2 heterocycles. The van der Waals surface area contributed by atoms with E-state index in [4.69, 9.17) is 4.74 Å². The van der Waals surface area contributed by atoms with Crippen molar-refractivity contribution in [3.05, 3.63) is 80.1 Å². The van der Waals surface area contributed by atoms with Crippen molar-refractivity contribution in [3.63, 3.8) is 0 Å². The second-order valence-corrected chi connectivity index (χ2v) is 9.86. The van der Waals surface area contributed by atoms with Crippen LogP contribution in [0.4, 0.5) is 17.1 Å². The zero-order valence-corrected chi connectivity index (χ0v) is 21.1. The number of ether oxygens (including phenoxy) is 1. The number of hydrogen-bond donors (Lipinski definition) is 4. The van der Waals surface area contributed by atoms with Crippen LogP contribution in [0.1, 0.15) is 48.1 Å². The molecular weight excluding hydrogens is 488 g/mol. The Balaban J connectivity index is 1.31. The second kappa shape index (κ2) is 10.3. The number of aromatic hydroxyl groups is 1. The fourth-order valence-corrected chi connectivity index (χ4v) is 5.17. The monoisotopic (exact) mass is 518 g/mol. The average Bonchev–Trinajstić information content (AvgIpc) is 2.94. The predicted molar refractivity (Wildman–Crippen MR) is 143 cm³/mol. The van der Waals surface area contributed by atoms with Crippen LogP contribution in [0, 0.1) is 0 Å². The molecule has 1 atom stereocenters. The smallest absolute Gasteiger partial charge is 0.257 e. The molecule has 0 bridgehead atoms. The minimum atomic E-state index is -0.690. The standard InChI is InChI=1S/C28H30N4O6/c1-2-19(17-7-4-3-5-8-17)29-22-23(26(36)25(22)35)30-20-10-6-9-18(24(20)34)27(37)32-13-11-28(12-14-32)16-38-15-21(33)31-28/h3-10,19,29-30,34H,2,11-16H2,1H3,(H,31,33)/t19-/m1/s1. The van der Waals surface area contributed by atoms with Gasteiger partial charge in [0.1, 0.15) is 18.0 Å². The Kier molecular flexibility index (Phi) is 6.90. The van der Waals surface area contributed by atoms with E-state index >= 15 is 0 Å². The molecule has 3 aromatic carbocycles. The summed E-state index contributed by atoms with van der Waals surface area (Å²) in [6.45, 7) is 3.22. The highest BCUT2D eigenvalue weighted by Gasteiger charge is 2.40. The third kappa shape index (κ3) is 4.74. The molecule has 2 aliphatic rings. The number of amides is 2. The Bertz CT molecular complexity index is 1420. The lowest BCUT2D eigenvalue weighted by Crippen LogP contribution is -2.62. The summed E-state index contributed by atoms with van der Waals surface area (Å²) in [5.74, 6) is -0.822. The van der Waals surface area contributed by atoms with Gasteiger partial charge in [0, 0.05) is 13.1 Å². The quantitative estimate of drug-likeness (QED) is 0.277. The van der Waals surface area contributed by atoms with E-state index in [0.29, 0.717) is 39.0 Å². The highest BCUT2D eigenvalue weighted by Crippen LogP contribution is 2.34. The minimum absolute atomic E-state index is 0.0468. The molecule has 0 radical (unpaired) electrons. The fourth-order valence-electron chi connectivity index (χ4n) is 5.17. The van der Waals surface area contributed by atoms with Crippen LogP contribution in [0.15, 0.2) is 58.1 Å². The number of hydrogen-bond acceptors (Lipinski definition) is 8. The van der Waals surface area contributed by atoms with Crippen molar-refractivity contribution in [1.82, 2.24) is 10.2 Å². The Labute approximate surface area is 219 Å². The number of para-hydroxylation sites is 1. The van der Waals surface area contributed by atoms with Crippen LogP contribution in [0.3, 0.4) is 0 Å². The van der Waals surface area contributed by atoms with Crippen molar-refractivity contribution in [1.29, 1.82) is 0 Å². The number of piperidine rings is 1. The minimum Gasteiger partial charge on any atom is -0.505 e. The lowest BCUT2D eigenvalue weighted by Gasteiger charge is -2.44. The van der Waals surface area contributed by atoms with Crippen LogP contribution in [0.5, 0.6) is 5.75 Å². The van der Waals surface area contributed by atoms with Crippen LogP contribution in [-0.4, -0.2) is 53.7 Å². The summed E-state index contributed by atoms with van der Waals surface area (Å²) < 4.78 is 5.40. The molecule has 0 aliphatic carbocycles. The Morgan fingerprint density at radius 1 is 1.05 bits per heavy atom. The lowest BCUT2D eigenvalue weighted by atomic mass is 9.87. The van der Waals surface area contributed by atoms with Crippen LogP contribution < -0.4 is 26.8 Å². The number of nitrogens with one attached hydrogen (secondary N) is 3. The van der Waals surface area contributed by atoms with Crippen molar-refractivity contribution >= 4 is 28.9 Å². The van der Waals surface area contributed by atoms with Crippen LogP contribution in [0.2, 0.25) is 0 Å². The first-order valence-corrected chi connectivity index (χ1v) is 12.7. The maximum atomic E-state index is 13.3. The number of carbonyl (C=O) groups excluding carboxylic acids is 2. The van der Waals surface area contributed by atoms with Crippen molar-refractivity contribution in [2.24, 2.45) is 0 Å². The summed E-state index contributed by atoms with van der Waals surface area (Å²) in [7, 11) is 0. The van der Waals surface area contributed by atoms with Gasteiger partial charge in [0.2, 0.25) is 5.91 Å². The summed E-state index contributed by atoms with van der Waals surface area (Å²) in [6.07, 6.45) is 1.77. The molecule has 10 heteroatoms. The van der Waals surface area contributed by atoms with E-state index in [1.165, 1.54) is 6.07 Å². The summed E-state index contributed by atoms with van der Waals surface area (Å²) in [5, 5.41) is 20.0. The van der Waals surface area contributed by atoms with E-state index in [1.54, 1.807) is 17.0 Å². The van der Waals surface area contributed by atoms with Gasteiger partial charge in [0.15, 0.2) is 5.75 Å². The normalized spacial score (nSPS) is 17.7. The summed E-state index contributed by atoms with van der Waals surface area (Å²) in [4.78, 5) is 51.5. The first kappa shape index (κ1) is 25.5. The zero-order valence-electron chi connectivity index (χ0n) is 21.1. The molecule has 0 unspecified atom stereocenters. The number of carbonyl (C=O) groups is 2. The third-order valence-corrected chi connectivity index (χ3v) is 7.39. The van der Waals surface area contributed by atoms with E-state index in [0.717, 1.165) is 5.56 Å². The SMILES string of the molecule is CC[C@@H](Nc1c(Nc2cccc(C(=O)N3CCC4(CC3)COCC(=O)N4)c2O)c(=O)c1=O)c1ccccc1. The molecule has 198 valence electrons. The topological polar surface area (TPSA) is 137 Å². The molecule has 0 saturated carbocycles. The van der Waals surface area contributed by atoms with Crippen molar-refractivity contribution in [3.8, 4) is 5.75 Å². The van der Waals surface area contributed by atoms with Crippen molar-refractivity contribution < 1.29 is 19.4 Å². The van der Waals surface area contributed by atoms with E-state index in [9.17, 15) is 24.3 Å². The summed E-state index contributed by atoms with van der Waals surface area (Å²) >= 11 is 0. The van der Waals surface area contributed by atoms with Gasteiger partial charge in [0.25, 0.3) is 16.8 Å². The molecular formula is C28H30N4O6. The van der Waals surface area contributed by atoms with Gasteiger partial charge in [-0.1, -0.05) is 43.3 Å². The van der Waals surface area contributed by atoms with Gasteiger partial charge in [-0.05, 0) is 37.0 Å². The number of likely N-dealkylation sites (tertiary alicyclic amines) is 1. The predicted octanol–water partition coefficient (Wildman–Crippen LogP) is 2.42. The Morgan fingerprint density at radius 2 is 1.76 bits per heavy atom. The van der Waals surface area contributed by atoms with E-state index < -0.39 is 16.4 Å². The maximum Gasteiger partial charge on any atom is 0.257 e. The molecule has 38 heavy (non-hydrogen) atoms. The molecule has 2 amide bonds. The van der Waals surface area contributed by atoms with Crippen molar-refractivity contribution in [2.75, 3.05) is 36.9 Å². The number of benzene rings is 2. The Morgan fingerprint density at radius 3 is 2.45 bits per heavy atom.